The minimum atomic E-state index is -0.513. The van der Waals surface area contributed by atoms with Crippen LogP contribution in [0.1, 0.15) is 10.4 Å². The van der Waals surface area contributed by atoms with E-state index in [4.69, 9.17) is 11.2 Å². The van der Waals surface area contributed by atoms with E-state index in [0.29, 0.717) is 11.4 Å². The molecule has 0 aliphatic carbocycles. The summed E-state index contributed by atoms with van der Waals surface area (Å²) >= 11 is 0. The van der Waals surface area contributed by atoms with Crippen LogP contribution in [-0.4, -0.2) is 32.3 Å². The van der Waals surface area contributed by atoms with Crippen molar-refractivity contribution >= 4 is 11.6 Å². The molecule has 0 aliphatic heterocycles. The molecule has 1 aromatic carbocycles. The fourth-order valence-corrected chi connectivity index (χ4v) is 2.05. The molecule has 0 unspecified atom stereocenters. The molecule has 3 aromatic rings. The van der Waals surface area contributed by atoms with Crippen LogP contribution in [0.15, 0.2) is 49.2 Å². The lowest BCUT2D eigenvalue weighted by Crippen LogP contribution is -2.14. The molecule has 2 aromatic heterocycles. The minimum absolute atomic E-state index is 0.000205. The number of terminal acetylenes is 1. The van der Waals surface area contributed by atoms with Gasteiger partial charge in [-0.1, -0.05) is 5.92 Å². The van der Waals surface area contributed by atoms with Gasteiger partial charge in [0.1, 0.15) is 30.8 Å². The van der Waals surface area contributed by atoms with Gasteiger partial charge in [0.2, 0.25) is 0 Å². The summed E-state index contributed by atoms with van der Waals surface area (Å²) in [4.78, 5) is 20.4. The molecule has 3 rings (SSSR count). The van der Waals surface area contributed by atoms with E-state index in [1.165, 1.54) is 47.8 Å². The first-order valence-electron chi connectivity index (χ1n) is 7.15. The first kappa shape index (κ1) is 16.1. The third-order valence-corrected chi connectivity index (χ3v) is 3.16. The Morgan fingerprint density at radius 1 is 1.36 bits per heavy atom. The van der Waals surface area contributed by atoms with Gasteiger partial charge in [-0.2, -0.15) is 5.10 Å². The smallest absolute Gasteiger partial charge is 0.255 e. The Kier molecular flexibility index (Phi) is 4.67. The highest BCUT2D eigenvalue weighted by Crippen LogP contribution is 2.26. The van der Waals surface area contributed by atoms with Crippen LogP contribution < -0.4 is 10.1 Å². The van der Waals surface area contributed by atoms with Crippen LogP contribution in [-0.2, 0) is 0 Å². The van der Waals surface area contributed by atoms with E-state index in [2.05, 4.69) is 26.3 Å². The number of halogens is 1. The lowest BCUT2D eigenvalue weighted by atomic mass is 10.2. The van der Waals surface area contributed by atoms with Crippen molar-refractivity contribution in [3.63, 3.8) is 0 Å². The van der Waals surface area contributed by atoms with E-state index in [-0.39, 0.29) is 18.0 Å². The second-order valence-corrected chi connectivity index (χ2v) is 4.83. The van der Waals surface area contributed by atoms with E-state index in [0.717, 1.165) is 6.07 Å². The van der Waals surface area contributed by atoms with Crippen LogP contribution in [0.4, 0.5) is 10.1 Å². The topological polar surface area (TPSA) is 81.9 Å². The number of nitrogens with zero attached hydrogens (tertiary/aromatic N) is 4. The molecular weight excluding hydrogens is 325 g/mol. The maximum Gasteiger partial charge on any atom is 0.255 e. The van der Waals surface area contributed by atoms with Gasteiger partial charge in [0.15, 0.2) is 5.82 Å². The molecule has 1 amide bonds. The summed E-state index contributed by atoms with van der Waals surface area (Å²) in [7, 11) is 0. The number of pyridine rings is 1. The van der Waals surface area contributed by atoms with Gasteiger partial charge >= 0.3 is 0 Å². The zero-order valence-corrected chi connectivity index (χ0v) is 12.9. The van der Waals surface area contributed by atoms with Crippen LogP contribution in [0.5, 0.6) is 5.75 Å². The van der Waals surface area contributed by atoms with Crippen molar-refractivity contribution in [2.75, 3.05) is 11.9 Å². The van der Waals surface area contributed by atoms with Gasteiger partial charge in [0.25, 0.3) is 5.91 Å². The number of carbonyl (C=O) groups is 1. The van der Waals surface area contributed by atoms with Gasteiger partial charge in [-0.05, 0) is 24.3 Å². The number of rotatable bonds is 5. The van der Waals surface area contributed by atoms with Crippen molar-refractivity contribution in [3.05, 3.63) is 60.6 Å². The van der Waals surface area contributed by atoms with Crippen LogP contribution in [0.3, 0.4) is 0 Å². The SMILES string of the molecule is C#CCOc1ccc(F)cc1NC(=O)c1ccnc(-n2cncn2)c1. The standard InChI is InChI=1S/C17H12FN5O2/c1-2-7-25-15-4-3-13(18)9-14(15)22-17(24)12-5-6-20-16(8-12)23-11-19-10-21-23/h1,3-6,8-11H,7H2,(H,22,24). The van der Waals surface area contributed by atoms with Crippen molar-refractivity contribution < 1.29 is 13.9 Å². The molecule has 7 nitrogen and oxygen atoms in total. The quantitative estimate of drug-likeness (QED) is 0.721. The first-order valence-corrected chi connectivity index (χ1v) is 7.15. The molecule has 2 heterocycles. The van der Waals surface area contributed by atoms with Gasteiger partial charge in [0.05, 0.1) is 5.69 Å². The fraction of sp³-hybridized carbons (Fsp3) is 0.0588. The van der Waals surface area contributed by atoms with Gasteiger partial charge in [-0.3, -0.25) is 4.79 Å². The molecule has 0 bridgehead atoms. The van der Waals surface area contributed by atoms with Crippen molar-refractivity contribution in [1.82, 2.24) is 19.7 Å². The number of carbonyl (C=O) groups excluding carboxylic acids is 1. The third-order valence-electron chi connectivity index (χ3n) is 3.16. The molecule has 8 heteroatoms. The lowest BCUT2D eigenvalue weighted by Gasteiger charge is -2.11. The average Bonchev–Trinajstić information content (AvgIpc) is 3.16. The monoisotopic (exact) mass is 337 g/mol. The largest absolute Gasteiger partial charge is 0.479 e. The summed E-state index contributed by atoms with van der Waals surface area (Å²) in [5.74, 6) is 2.04. The van der Waals surface area contributed by atoms with Crippen molar-refractivity contribution in [2.45, 2.75) is 0 Å². The molecule has 0 spiro atoms. The zero-order chi connectivity index (χ0) is 17.6. The average molecular weight is 337 g/mol. The third kappa shape index (κ3) is 3.79. The molecular formula is C17H12FN5O2. The molecule has 0 fully saturated rings. The van der Waals surface area contributed by atoms with Gasteiger partial charge in [-0.25, -0.2) is 19.0 Å². The van der Waals surface area contributed by atoms with Gasteiger partial charge in [0, 0.05) is 17.8 Å². The maximum atomic E-state index is 13.5. The normalized spacial score (nSPS) is 10.1. The number of amides is 1. The number of hydrogen-bond acceptors (Lipinski definition) is 5. The molecule has 0 aliphatic rings. The summed E-state index contributed by atoms with van der Waals surface area (Å²) in [6.45, 7) is 0.000205. The number of nitrogens with one attached hydrogen (secondary N) is 1. The summed E-state index contributed by atoms with van der Waals surface area (Å²) in [6, 6.07) is 6.83. The Hall–Kier alpha value is -3.73. The van der Waals surface area contributed by atoms with Gasteiger partial charge < -0.3 is 10.1 Å². The Labute approximate surface area is 142 Å². The molecule has 0 atom stereocenters. The zero-order valence-electron chi connectivity index (χ0n) is 12.9. The van der Waals surface area contributed by atoms with E-state index < -0.39 is 11.7 Å². The minimum Gasteiger partial charge on any atom is -0.479 e. The predicted molar refractivity (Wildman–Crippen MR) is 87.8 cm³/mol. The number of hydrogen-bond donors (Lipinski definition) is 1. The van der Waals surface area contributed by atoms with Crippen molar-refractivity contribution in [2.24, 2.45) is 0 Å². The highest BCUT2D eigenvalue weighted by atomic mass is 19.1. The summed E-state index contributed by atoms with van der Waals surface area (Å²) in [6.07, 6.45) is 9.44. The second kappa shape index (κ2) is 7.23. The molecule has 0 radical (unpaired) electrons. The van der Waals surface area contributed by atoms with E-state index >= 15 is 0 Å². The van der Waals surface area contributed by atoms with Crippen LogP contribution in [0.25, 0.3) is 5.82 Å². The molecule has 0 saturated heterocycles. The fourth-order valence-electron chi connectivity index (χ4n) is 2.05. The van der Waals surface area contributed by atoms with Crippen LogP contribution in [0.2, 0.25) is 0 Å². The highest BCUT2D eigenvalue weighted by Gasteiger charge is 2.12. The molecule has 124 valence electrons. The lowest BCUT2D eigenvalue weighted by molar-refractivity contribution is 0.102. The Balaban J connectivity index is 1.84. The van der Waals surface area contributed by atoms with Crippen molar-refractivity contribution in [1.29, 1.82) is 0 Å². The van der Waals surface area contributed by atoms with Crippen LogP contribution in [0, 0.1) is 18.2 Å². The maximum absolute atomic E-state index is 13.5. The van der Waals surface area contributed by atoms with Gasteiger partial charge in [-0.15, -0.1) is 6.42 Å². The first-order chi connectivity index (χ1) is 12.2. The Morgan fingerprint density at radius 2 is 2.24 bits per heavy atom. The Bertz CT molecular complexity index is 934. The van der Waals surface area contributed by atoms with E-state index in [1.807, 2.05) is 0 Å². The Morgan fingerprint density at radius 3 is 3.00 bits per heavy atom. The van der Waals surface area contributed by atoms with E-state index in [1.54, 1.807) is 0 Å². The highest BCUT2D eigenvalue weighted by molar-refractivity contribution is 6.05. The summed E-state index contributed by atoms with van der Waals surface area (Å²) in [5.41, 5.74) is 0.493. The molecule has 25 heavy (non-hydrogen) atoms. The van der Waals surface area contributed by atoms with Crippen LogP contribution >= 0.6 is 0 Å². The van der Waals surface area contributed by atoms with Crippen molar-refractivity contribution in [3.8, 4) is 23.9 Å². The summed E-state index contributed by atoms with van der Waals surface area (Å²) in [5, 5.41) is 6.56. The van der Waals surface area contributed by atoms with E-state index in [9.17, 15) is 9.18 Å². The number of anilines is 1. The molecule has 1 N–H and O–H groups in total. The number of aromatic nitrogens is 4. The number of ether oxygens (including phenoxy) is 1. The second-order valence-electron chi connectivity index (χ2n) is 4.83. The summed E-state index contributed by atoms with van der Waals surface area (Å²) < 4.78 is 20.2. The predicted octanol–water partition coefficient (Wildman–Crippen LogP) is 2.07. The molecule has 0 saturated carbocycles. The number of benzene rings is 1.